The maximum atomic E-state index is 9.50. The number of aromatic nitrogens is 2. The second-order valence-electron chi connectivity index (χ2n) is 4.39. The molecule has 3 N–H and O–H groups in total. The van der Waals surface area contributed by atoms with Crippen molar-refractivity contribution in [2.24, 2.45) is 5.92 Å². The van der Waals surface area contributed by atoms with Crippen molar-refractivity contribution in [2.45, 2.75) is 32.4 Å². The molecule has 2 rings (SSSR count). The van der Waals surface area contributed by atoms with E-state index in [-0.39, 0.29) is 6.10 Å². The molecule has 5 nitrogen and oxygen atoms in total. The fourth-order valence-corrected chi connectivity index (χ4v) is 2.77. The molecule has 90 valence electrons. The van der Waals surface area contributed by atoms with Crippen LogP contribution >= 0.6 is 11.3 Å². The van der Waals surface area contributed by atoms with Crippen molar-refractivity contribution in [1.82, 2.24) is 15.1 Å². The number of nitrogens with two attached hydrogens (primary N) is 1. The van der Waals surface area contributed by atoms with Crippen LogP contribution in [0.25, 0.3) is 0 Å². The molecule has 2 heterocycles. The van der Waals surface area contributed by atoms with E-state index in [1.54, 1.807) is 0 Å². The first-order chi connectivity index (χ1) is 7.65. The largest absolute Gasteiger partial charge is 0.393 e. The quantitative estimate of drug-likeness (QED) is 0.816. The average Bonchev–Trinajstić information content (AvgIpc) is 2.65. The van der Waals surface area contributed by atoms with E-state index < -0.39 is 0 Å². The van der Waals surface area contributed by atoms with Crippen molar-refractivity contribution < 1.29 is 5.11 Å². The highest BCUT2D eigenvalue weighted by molar-refractivity contribution is 7.15. The highest BCUT2D eigenvalue weighted by atomic mass is 32.1. The Morgan fingerprint density at radius 3 is 2.69 bits per heavy atom. The fourth-order valence-electron chi connectivity index (χ4n) is 2.12. The van der Waals surface area contributed by atoms with E-state index >= 15 is 0 Å². The van der Waals surface area contributed by atoms with Crippen LogP contribution in [0.3, 0.4) is 0 Å². The van der Waals surface area contributed by atoms with Gasteiger partial charge in [-0.1, -0.05) is 11.3 Å². The lowest BCUT2D eigenvalue weighted by Gasteiger charge is -2.32. The third-order valence-electron chi connectivity index (χ3n) is 3.16. The highest BCUT2D eigenvalue weighted by Crippen LogP contribution is 2.22. The number of nitrogens with zero attached hydrogens (tertiary/aromatic N) is 3. The zero-order valence-corrected chi connectivity index (χ0v) is 10.3. The third-order valence-corrected chi connectivity index (χ3v) is 3.89. The monoisotopic (exact) mass is 242 g/mol. The predicted molar refractivity (Wildman–Crippen MR) is 64.0 cm³/mol. The van der Waals surface area contributed by atoms with Gasteiger partial charge < -0.3 is 10.8 Å². The Morgan fingerprint density at radius 1 is 1.50 bits per heavy atom. The van der Waals surface area contributed by atoms with Crippen LogP contribution in [0.1, 0.15) is 24.8 Å². The van der Waals surface area contributed by atoms with Gasteiger partial charge in [-0.25, -0.2) is 0 Å². The van der Waals surface area contributed by atoms with E-state index in [2.05, 4.69) is 15.1 Å². The number of hydrogen-bond donors (Lipinski definition) is 2. The first kappa shape index (κ1) is 11.8. The van der Waals surface area contributed by atoms with E-state index in [9.17, 15) is 5.11 Å². The van der Waals surface area contributed by atoms with Gasteiger partial charge in [-0.05, 0) is 38.8 Å². The summed E-state index contributed by atoms with van der Waals surface area (Å²) in [5.74, 6) is 0.454. The van der Waals surface area contributed by atoms with Crippen molar-refractivity contribution >= 4 is 16.5 Å². The van der Waals surface area contributed by atoms with Crippen molar-refractivity contribution in [2.75, 3.05) is 18.8 Å². The third kappa shape index (κ3) is 2.90. The number of likely N-dealkylation sites (tertiary alicyclic amines) is 1. The molecule has 0 amide bonds. The molecule has 0 radical (unpaired) electrons. The minimum absolute atomic E-state index is 0.181. The summed E-state index contributed by atoms with van der Waals surface area (Å²) in [6.45, 7) is 4.76. The molecular formula is C10H18N4OS. The summed E-state index contributed by atoms with van der Waals surface area (Å²) in [7, 11) is 0. The molecule has 1 fully saturated rings. The Balaban J connectivity index is 1.81. The van der Waals surface area contributed by atoms with Gasteiger partial charge in [0.15, 0.2) is 0 Å². The van der Waals surface area contributed by atoms with E-state index in [0.29, 0.717) is 11.0 Å². The molecule has 1 atom stereocenters. The lowest BCUT2D eigenvalue weighted by Crippen LogP contribution is -2.36. The van der Waals surface area contributed by atoms with E-state index in [0.717, 1.165) is 37.5 Å². The van der Waals surface area contributed by atoms with Gasteiger partial charge in [0.2, 0.25) is 5.13 Å². The molecule has 6 heteroatoms. The number of piperidine rings is 1. The summed E-state index contributed by atoms with van der Waals surface area (Å²) in [4.78, 5) is 2.35. The molecule has 1 aliphatic rings. The Bertz CT molecular complexity index is 333. The van der Waals surface area contributed by atoms with E-state index in [1.165, 1.54) is 11.3 Å². The number of rotatable bonds is 3. The fraction of sp³-hybridized carbons (Fsp3) is 0.800. The number of hydrogen-bond acceptors (Lipinski definition) is 6. The van der Waals surface area contributed by atoms with E-state index in [1.807, 2.05) is 6.92 Å². The second kappa shape index (κ2) is 5.07. The van der Waals surface area contributed by atoms with Crippen LogP contribution in [0.2, 0.25) is 0 Å². The molecule has 16 heavy (non-hydrogen) atoms. The van der Waals surface area contributed by atoms with Crippen LogP contribution < -0.4 is 5.73 Å². The summed E-state index contributed by atoms with van der Waals surface area (Å²) < 4.78 is 0. The topological polar surface area (TPSA) is 75.3 Å². The zero-order valence-electron chi connectivity index (χ0n) is 9.46. The Kier molecular flexibility index (Phi) is 3.73. The van der Waals surface area contributed by atoms with Gasteiger partial charge in [0.05, 0.1) is 12.6 Å². The van der Waals surface area contributed by atoms with Gasteiger partial charge in [0.1, 0.15) is 5.01 Å². The molecular weight excluding hydrogens is 224 g/mol. The lowest BCUT2D eigenvalue weighted by molar-refractivity contribution is 0.0694. The van der Waals surface area contributed by atoms with Gasteiger partial charge in [-0.2, -0.15) is 0 Å². The zero-order chi connectivity index (χ0) is 11.5. The summed E-state index contributed by atoms with van der Waals surface area (Å²) in [6, 6.07) is 0. The SMILES string of the molecule is CC(O)C1CCN(Cc2nnc(N)s2)CC1. The second-order valence-corrected chi connectivity index (χ2v) is 5.48. The average molecular weight is 242 g/mol. The Morgan fingerprint density at radius 2 is 2.19 bits per heavy atom. The van der Waals surface area contributed by atoms with Crippen molar-refractivity contribution in [3.63, 3.8) is 0 Å². The molecule has 0 aromatic carbocycles. The minimum atomic E-state index is -0.181. The summed E-state index contributed by atoms with van der Waals surface area (Å²) in [5.41, 5.74) is 5.54. The number of nitrogen functional groups attached to an aromatic ring is 1. The highest BCUT2D eigenvalue weighted by Gasteiger charge is 2.23. The lowest BCUT2D eigenvalue weighted by atomic mass is 9.92. The molecule has 0 bridgehead atoms. The maximum absolute atomic E-state index is 9.50. The van der Waals surface area contributed by atoms with Crippen LogP contribution in [0.5, 0.6) is 0 Å². The van der Waals surface area contributed by atoms with Gasteiger partial charge in [-0.3, -0.25) is 4.90 Å². The molecule has 1 saturated heterocycles. The first-order valence-electron chi connectivity index (χ1n) is 5.63. The van der Waals surface area contributed by atoms with Crippen LogP contribution in [0.15, 0.2) is 0 Å². The molecule has 1 unspecified atom stereocenters. The standard InChI is InChI=1S/C10H18N4OS/c1-7(15)8-2-4-14(5-3-8)6-9-12-13-10(11)16-9/h7-8,15H,2-6H2,1H3,(H2,11,13). The molecule has 0 aliphatic carbocycles. The van der Waals surface area contributed by atoms with Gasteiger partial charge in [-0.15, -0.1) is 10.2 Å². The van der Waals surface area contributed by atoms with Crippen LogP contribution in [0.4, 0.5) is 5.13 Å². The maximum Gasteiger partial charge on any atom is 0.203 e. The van der Waals surface area contributed by atoms with Crippen molar-refractivity contribution in [3.8, 4) is 0 Å². The number of aliphatic hydroxyl groups is 1. The van der Waals surface area contributed by atoms with Crippen LogP contribution in [-0.4, -0.2) is 39.4 Å². The van der Waals surface area contributed by atoms with E-state index in [4.69, 9.17) is 5.73 Å². The molecule has 1 aromatic rings. The summed E-state index contributed by atoms with van der Waals surface area (Å²) >= 11 is 1.45. The van der Waals surface area contributed by atoms with Gasteiger partial charge in [0.25, 0.3) is 0 Å². The Hall–Kier alpha value is -0.720. The molecule has 0 saturated carbocycles. The smallest absolute Gasteiger partial charge is 0.203 e. The predicted octanol–water partition coefficient (Wildman–Crippen LogP) is 0.713. The summed E-state index contributed by atoms with van der Waals surface area (Å²) in [6.07, 6.45) is 1.94. The number of anilines is 1. The van der Waals surface area contributed by atoms with Crippen molar-refractivity contribution in [3.05, 3.63) is 5.01 Å². The number of aliphatic hydroxyl groups excluding tert-OH is 1. The molecule has 1 aromatic heterocycles. The normalized spacial score (nSPS) is 21.1. The molecule has 1 aliphatic heterocycles. The van der Waals surface area contributed by atoms with Crippen molar-refractivity contribution in [1.29, 1.82) is 0 Å². The Labute approximate surface area is 99.3 Å². The summed E-state index contributed by atoms with van der Waals surface area (Å²) in [5, 5.41) is 18.8. The van der Waals surface area contributed by atoms with Gasteiger partial charge in [0, 0.05) is 0 Å². The molecule has 0 spiro atoms. The minimum Gasteiger partial charge on any atom is -0.393 e. The van der Waals surface area contributed by atoms with Gasteiger partial charge >= 0.3 is 0 Å². The first-order valence-corrected chi connectivity index (χ1v) is 6.45. The van der Waals surface area contributed by atoms with Crippen LogP contribution in [-0.2, 0) is 6.54 Å². The van der Waals surface area contributed by atoms with Crippen LogP contribution in [0, 0.1) is 5.92 Å².